The van der Waals surface area contributed by atoms with Gasteiger partial charge in [0.2, 0.25) is 65.0 Å². The molecule has 11 amide bonds. The van der Waals surface area contributed by atoms with Crippen LogP contribution in [0.1, 0.15) is 81.2 Å². The second-order valence-corrected chi connectivity index (χ2v) is 23.1. The number of phenolic OH excluding ortho intramolecular Hbond substituents is 1. The van der Waals surface area contributed by atoms with Gasteiger partial charge in [-0.25, -0.2) is 4.98 Å². The number of primary amides is 1. The van der Waals surface area contributed by atoms with Gasteiger partial charge in [-0.3, -0.25) is 57.7 Å². The number of aromatic nitrogens is 3. The van der Waals surface area contributed by atoms with E-state index in [0.29, 0.717) is 39.7 Å². The van der Waals surface area contributed by atoms with Crippen LogP contribution in [0.5, 0.6) is 5.75 Å². The third-order valence-corrected chi connectivity index (χ3v) is 15.6. The maximum atomic E-state index is 14.9. The first-order chi connectivity index (χ1) is 44.0. The third-order valence-electron chi connectivity index (χ3n) is 15.6. The Hall–Kier alpha value is -10.4. The zero-order valence-electron chi connectivity index (χ0n) is 51.1. The van der Waals surface area contributed by atoms with Crippen molar-refractivity contribution in [3.8, 4) is 5.75 Å². The molecule has 2 fully saturated rings. The number of aromatic hydroxyl groups is 1. The van der Waals surface area contributed by atoms with Gasteiger partial charge in [0.15, 0.2) is 5.96 Å². The van der Waals surface area contributed by atoms with Gasteiger partial charge >= 0.3 is 0 Å². The number of guanidine groups is 1. The first kappa shape index (κ1) is 69.1. The number of imidazole rings is 1. The number of H-pyrrole nitrogens is 2. The van der Waals surface area contributed by atoms with Crippen LogP contribution in [0.2, 0.25) is 0 Å². The lowest BCUT2D eigenvalue weighted by molar-refractivity contribution is -0.142. The van der Waals surface area contributed by atoms with E-state index in [4.69, 9.17) is 17.2 Å². The fraction of sp³-hybridized carbons (Fsp3) is 0.435. The van der Waals surface area contributed by atoms with Crippen LogP contribution in [0.25, 0.3) is 10.9 Å². The van der Waals surface area contributed by atoms with Gasteiger partial charge in [-0.1, -0.05) is 74.5 Å². The Kier molecular flexibility index (Phi) is 25.1. The highest BCUT2D eigenvalue weighted by Crippen LogP contribution is 2.22. The van der Waals surface area contributed by atoms with Crippen LogP contribution in [-0.2, 0) is 78.4 Å². The molecule has 3 aromatic carbocycles. The van der Waals surface area contributed by atoms with Crippen molar-refractivity contribution in [2.24, 2.45) is 28.1 Å². The number of hydrogen-bond donors (Lipinski definition) is 16. The number of nitrogens with two attached hydrogens (primary N) is 3. The molecule has 30 nitrogen and oxygen atoms in total. The van der Waals surface area contributed by atoms with Crippen LogP contribution in [-0.4, -0.2) is 182 Å². The maximum Gasteiger partial charge on any atom is 0.245 e. The molecule has 2 saturated heterocycles. The number of benzene rings is 3. The predicted molar refractivity (Wildman–Crippen MR) is 334 cm³/mol. The van der Waals surface area contributed by atoms with Crippen LogP contribution >= 0.6 is 0 Å². The van der Waals surface area contributed by atoms with Gasteiger partial charge in [-0.2, -0.15) is 0 Å². The topological polar surface area (TPSA) is 475 Å². The number of aromatic amines is 2. The molecule has 92 heavy (non-hydrogen) atoms. The summed E-state index contributed by atoms with van der Waals surface area (Å²) in [6.07, 6.45) is 4.96. The van der Waals surface area contributed by atoms with Gasteiger partial charge in [0, 0.05) is 74.2 Å². The Labute approximate surface area is 529 Å². The molecular formula is C62H81N17O13. The monoisotopic (exact) mass is 1270 g/mol. The molecule has 0 radical (unpaired) electrons. The lowest BCUT2D eigenvalue weighted by Gasteiger charge is -2.30. The summed E-state index contributed by atoms with van der Waals surface area (Å²) in [7, 11) is 0. The highest BCUT2D eigenvalue weighted by molar-refractivity contribution is 6.00. The third kappa shape index (κ3) is 20.3. The molecule has 2 aromatic heterocycles. The van der Waals surface area contributed by atoms with E-state index < -0.39 is 127 Å². The van der Waals surface area contributed by atoms with Gasteiger partial charge in [0.05, 0.1) is 19.5 Å². The fourth-order valence-corrected chi connectivity index (χ4v) is 10.9. The molecule has 0 unspecified atom stereocenters. The van der Waals surface area contributed by atoms with E-state index in [1.165, 1.54) is 41.7 Å². The van der Waals surface area contributed by atoms with Crippen molar-refractivity contribution in [1.29, 1.82) is 0 Å². The van der Waals surface area contributed by atoms with Crippen molar-refractivity contribution in [3.05, 3.63) is 120 Å². The van der Waals surface area contributed by atoms with Gasteiger partial charge in [0.1, 0.15) is 60.1 Å². The number of aliphatic hydroxyl groups is 1. The molecule has 2 aliphatic rings. The summed E-state index contributed by atoms with van der Waals surface area (Å²) in [6, 6.07) is 9.29. The van der Waals surface area contributed by atoms with Gasteiger partial charge < -0.3 is 90.1 Å². The number of phenols is 1. The average Bonchev–Trinajstić information content (AvgIpc) is 1.66. The average molecular weight is 1270 g/mol. The first-order valence-electron chi connectivity index (χ1n) is 30.3. The van der Waals surface area contributed by atoms with Gasteiger partial charge in [0.25, 0.3) is 0 Å². The number of carbonyl (C=O) groups is 11. The Morgan fingerprint density at radius 1 is 0.663 bits per heavy atom. The minimum Gasteiger partial charge on any atom is -0.508 e. The minimum absolute atomic E-state index is 0.00166. The SMILES string of the molecule is CC(C)C[C@H](NC(=O)[C@@H](Cc1ccccc1)NC(=O)[C@H](Cc1ccc(O)cc1)NC(=O)[C@H](CO)NC(=O)[C@H](Cc1c[nH]c2ccccc12)NC(=O)[C@H](Cc1cnc[nH]1)NC(=O)[C@@H]1CCC(=O)N1)C(=O)N[C@@H](CCCN=C(N)N)C(=O)N1CCC[C@H]1C(=O)NCC(N)=O. The van der Waals surface area contributed by atoms with E-state index in [1.807, 2.05) is 0 Å². The van der Waals surface area contributed by atoms with Crippen LogP contribution in [0, 0.1) is 5.92 Å². The number of aliphatic imine (C=N–C) groups is 1. The van der Waals surface area contributed by atoms with Crippen LogP contribution in [0.3, 0.4) is 0 Å². The zero-order valence-corrected chi connectivity index (χ0v) is 51.1. The number of hydrogen-bond acceptors (Lipinski definition) is 15. The molecule has 2 aliphatic heterocycles. The number of likely N-dealkylation sites (tertiary alicyclic amines) is 1. The number of nitrogens with one attached hydrogen (secondary N) is 11. The number of fused-ring (bicyclic) bond motifs is 1. The van der Waals surface area contributed by atoms with Crippen LogP contribution in [0.4, 0.5) is 0 Å². The van der Waals surface area contributed by atoms with E-state index in [2.05, 4.69) is 67.8 Å². The quantitative estimate of drug-likeness (QED) is 0.0115. The fourth-order valence-electron chi connectivity index (χ4n) is 10.9. The minimum atomic E-state index is -1.79. The number of rotatable bonds is 33. The summed E-state index contributed by atoms with van der Waals surface area (Å²) < 4.78 is 0. The Bertz CT molecular complexity index is 3430. The zero-order chi connectivity index (χ0) is 66.4. The Balaban J connectivity index is 1.13. The number of carbonyl (C=O) groups excluding carboxylic acids is 11. The standard InChI is InChI=1S/C62H81N17O13/c1-34(2)24-44(54(85)72-43(14-8-22-67-62(64)65)61(92)79-23-9-15-50(79)60(91)69-31-51(63)82)73-55(86)45(25-35-10-4-3-5-11-35)74-56(87)46(26-36-16-18-39(81)19-17-36)75-59(90)49(32-80)78-57(88)47(27-37-29-68-41-13-7-6-12-40(37)41)76-58(89)48(28-38-30-66-33-70-38)77-53(84)42-20-21-52(83)71-42/h3-7,10-13,16-19,29-30,33-34,42-50,68,80-81H,8-9,14-15,20-28,31-32H2,1-2H3,(H2,63,82)(H,66,70)(H,69,91)(H,71,83)(H,72,85)(H,73,86)(H,74,87)(H,75,90)(H,76,89)(H,77,84)(H,78,88)(H4,64,65,67)/t42-,43-,44-,45+,46-,47-,48-,49-,50-/m0/s1. The number of amides is 11. The highest BCUT2D eigenvalue weighted by Gasteiger charge is 2.40. The summed E-state index contributed by atoms with van der Waals surface area (Å²) in [5.74, 6) is -8.97. The molecule has 30 heteroatoms. The largest absolute Gasteiger partial charge is 0.508 e. The molecule has 19 N–H and O–H groups in total. The van der Waals surface area contributed by atoms with E-state index in [9.17, 15) is 63.0 Å². The van der Waals surface area contributed by atoms with Crippen molar-refractivity contribution < 1.29 is 63.0 Å². The summed E-state index contributed by atoms with van der Waals surface area (Å²) in [4.78, 5) is 168. The lowest BCUT2D eigenvalue weighted by Crippen LogP contribution is -2.61. The van der Waals surface area contributed by atoms with Gasteiger partial charge in [-0.05, 0) is 79.3 Å². The summed E-state index contributed by atoms with van der Waals surface area (Å²) in [6.45, 7) is 2.34. The molecule has 0 saturated carbocycles. The summed E-state index contributed by atoms with van der Waals surface area (Å²) in [5.41, 5.74) is 19.1. The molecule has 9 atom stereocenters. The number of nitrogens with zero attached hydrogens (tertiary/aromatic N) is 3. The smallest absolute Gasteiger partial charge is 0.245 e. The molecule has 7 rings (SSSR count). The van der Waals surface area contributed by atoms with E-state index in [0.717, 1.165) is 0 Å². The maximum absolute atomic E-state index is 14.9. The van der Waals surface area contributed by atoms with Gasteiger partial charge in [-0.15, -0.1) is 0 Å². The normalized spacial score (nSPS) is 16.7. The Morgan fingerprint density at radius 3 is 1.84 bits per heavy atom. The Morgan fingerprint density at radius 2 is 1.24 bits per heavy atom. The number of aliphatic hydroxyl groups excluding tert-OH is 1. The van der Waals surface area contributed by atoms with Crippen LogP contribution < -0.4 is 65.1 Å². The first-order valence-corrected chi connectivity index (χ1v) is 30.3. The molecule has 0 spiro atoms. The number of para-hydroxylation sites is 1. The molecule has 4 heterocycles. The van der Waals surface area contributed by atoms with E-state index >= 15 is 0 Å². The molecule has 0 bridgehead atoms. The summed E-state index contributed by atoms with van der Waals surface area (Å²) in [5, 5.41) is 45.6. The van der Waals surface area contributed by atoms with Crippen LogP contribution in [0.15, 0.2) is 103 Å². The second-order valence-electron chi connectivity index (χ2n) is 23.1. The second kappa shape index (κ2) is 33.4. The van der Waals surface area contributed by atoms with Crippen molar-refractivity contribution in [3.63, 3.8) is 0 Å². The molecule has 0 aliphatic carbocycles. The lowest BCUT2D eigenvalue weighted by atomic mass is 9.99. The van der Waals surface area contributed by atoms with Crippen molar-refractivity contribution >= 4 is 81.8 Å². The molecule has 5 aromatic rings. The van der Waals surface area contributed by atoms with Crippen molar-refractivity contribution in [2.45, 2.75) is 139 Å². The highest BCUT2D eigenvalue weighted by atomic mass is 16.3. The van der Waals surface area contributed by atoms with E-state index in [-0.39, 0.29) is 101 Å². The molecular weight excluding hydrogens is 1190 g/mol. The van der Waals surface area contributed by atoms with Crippen molar-refractivity contribution in [2.75, 3.05) is 26.2 Å². The summed E-state index contributed by atoms with van der Waals surface area (Å²) >= 11 is 0. The van der Waals surface area contributed by atoms with Crippen molar-refractivity contribution in [1.82, 2.24) is 67.7 Å². The predicted octanol–water partition coefficient (Wildman–Crippen LogP) is -2.78. The molecule has 492 valence electrons. The van der Waals surface area contributed by atoms with E-state index in [1.54, 1.807) is 74.6 Å².